The van der Waals surface area contributed by atoms with Gasteiger partial charge in [-0.1, -0.05) is 11.6 Å². The summed E-state index contributed by atoms with van der Waals surface area (Å²) in [4.78, 5) is 16.7. The number of carbonyl (C=O) groups excluding carboxylic acids is 1. The number of fused-ring (bicyclic) bond motifs is 1. The number of benzene rings is 1. The smallest absolute Gasteiger partial charge is 0.330 e. The molecule has 32 heavy (non-hydrogen) atoms. The summed E-state index contributed by atoms with van der Waals surface area (Å²) in [6.45, 7) is 3.72. The molecule has 0 fully saturated rings. The number of halogens is 2. The van der Waals surface area contributed by atoms with Crippen molar-refractivity contribution in [3.8, 4) is 11.1 Å². The zero-order chi connectivity index (χ0) is 23.5. The molecule has 1 aliphatic rings. The maximum Gasteiger partial charge on any atom is 0.330 e. The first-order valence-corrected chi connectivity index (χ1v) is 12.2. The summed E-state index contributed by atoms with van der Waals surface area (Å²) in [6.07, 6.45) is 6.36. The number of thiol groups is 1. The number of aromatic nitrogens is 1. The fourth-order valence-corrected chi connectivity index (χ4v) is 4.74. The molecule has 0 bridgehead atoms. The van der Waals surface area contributed by atoms with Crippen LogP contribution in [0.25, 0.3) is 11.1 Å². The maximum absolute atomic E-state index is 14.7. The van der Waals surface area contributed by atoms with E-state index in [2.05, 4.69) is 20.3 Å². The summed E-state index contributed by atoms with van der Waals surface area (Å²) in [5, 5.41) is 18.5. The predicted octanol–water partition coefficient (Wildman–Crippen LogP) is 3.36. The monoisotopic (exact) mass is 480 g/mol. The number of pyridine rings is 1. The molecular formula is C21H26ClFN6O2S. The highest BCUT2D eigenvalue weighted by Gasteiger charge is 2.26. The summed E-state index contributed by atoms with van der Waals surface area (Å²) in [6, 6.07) is 3.94. The van der Waals surface area contributed by atoms with E-state index in [0.29, 0.717) is 40.8 Å². The second-order valence-corrected chi connectivity index (χ2v) is 10.1. The number of nitrogens with two attached hydrogens (primary N) is 1. The number of rotatable bonds is 5. The normalized spacial score (nSPS) is 14.1. The van der Waals surface area contributed by atoms with Crippen LogP contribution in [0, 0.1) is 11.2 Å². The van der Waals surface area contributed by atoms with Crippen molar-refractivity contribution in [2.24, 2.45) is 5.14 Å². The Labute approximate surface area is 192 Å². The van der Waals surface area contributed by atoms with Gasteiger partial charge in [-0.15, -0.1) is 0 Å². The Morgan fingerprint density at radius 2 is 1.97 bits per heavy atom. The molecule has 0 saturated heterocycles. The Morgan fingerprint density at radius 3 is 2.62 bits per heavy atom. The third kappa shape index (κ3) is 5.32. The first-order valence-electron chi connectivity index (χ1n) is 10.0. The van der Waals surface area contributed by atoms with Gasteiger partial charge in [-0.25, -0.2) is 13.4 Å². The van der Waals surface area contributed by atoms with Crippen molar-refractivity contribution in [3.05, 3.63) is 58.8 Å². The second-order valence-electron chi connectivity index (χ2n) is 7.71. The molecule has 6 N–H and O–H groups in total. The highest BCUT2D eigenvalue weighted by Crippen LogP contribution is 2.39. The molecule has 172 valence electrons. The summed E-state index contributed by atoms with van der Waals surface area (Å²) in [5.74, 6) is -0.337. The average Bonchev–Trinajstić information content (AvgIpc) is 3.24. The molecule has 1 aliphatic carbocycles. The molecule has 3 rings (SSSR count). The van der Waals surface area contributed by atoms with Crippen LogP contribution < -0.4 is 20.5 Å². The number of hydrogen-bond acceptors (Lipinski definition) is 5. The van der Waals surface area contributed by atoms with Crippen LogP contribution >= 0.6 is 11.6 Å². The van der Waals surface area contributed by atoms with Gasteiger partial charge in [0, 0.05) is 40.5 Å². The van der Waals surface area contributed by atoms with Gasteiger partial charge in [0.25, 0.3) is 0 Å². The average molecular weight is 481 g/mol. The van der Waals surface area contributed by atoms with Gasteiger partial charge in [0.15, 0.2) is 0 Å². The lowest BCUT2D eigenvalue weighted by atomic mass is 9.97. The van der Waals surface area contributed by atoms with Crippen LogP contribution in [0.5, 0.6) is 0 Å². The molecule has 11 heteroatoms. The van der Waals surface area contributed by atoms with Crippen LogP contribution in [0.3, 0.4) is 0 Å². The third-order valence-electron chi connectivity index (χ3n) is 4.95. The third-order valence-corrected chi connectivity index (χ3v) is 6.82. The van der Waals surface area contributed by atoms with E-state index in [1.807, 2.05) is 13.8 Å². The van der Waals surface area contributed by atoms with Crippen LogP contribution in [-0.4, -0.2) is 26.3 Å². The number of urea groups is 1. The number of nitrogens with one attached hydrogen (secondary N) is 4. The number of carbonyl (C=O) groups is 1. The lowest BCUT2D eigenvalue weighted by Gasteiger charge is -2.23. The van der Waals surface area contributed by atoms with E-state index in [1.54, 1.807) is 24.5 Å². The van der Waals surface area contributed by atoms with Gasteiger partial charge in [0.1, 0.15) is 10.9 Å². The number of anilines is 1. The van der Waals surface area contributed by atoms with Crippen LogP contribution in [0.15, 0.2) is 41.8 Å². The van der Waals surface area contributed by atoms with Crippen molar-refractivity contribution in [2.75, 3.05) is 5.32 Å². The molecule has 0 saturated carbocycles. The van der Waals surface area contributed by atoms with Crippen LogP contribution in [0.4, 0.5) is 14.9 Å². The molecule has 0 spiro atoms. The molecule has 1 aromatic carbocycles. The number of hydrogen-bond donors (Lipinski definition) is 6. The van der Waals surface area contributed by atoms with Crippen molar-refractivity contribution in [1.29, 1.82) is 5.41 Å². The molecule has 1 aromatic heterocycles. The van der Waals surface area contributed by atoms with Crippen LogP contribution in [-0.2, 0) is 23.1 Å². The molecular weight excluding hydrogens is 455 g/mol. The van der Waals surface area contributed by atoms with Crippen molar-refractivity contribution in [2.45, 2.75) is 39.2 Å². The zero-order valence-electron chi connectivity index (χ0n) is 17.7. The number of nitrogens with zero attached hydrogens (tertiary/aromatic N) is 1. The summed E-state index contributed by atoms with van der Waals surface area (Å²) in [7, 11) is -4.11. The molecule has 8 nitrogen and oxygen atoms in total. The minimum atomic E-state index is -4.11. The Hall–Kier alpha value is -2.82. The van der Waals surface area contributed by atoms with E-state index < -0.39 is 21.4 Å². The molecule has 0 radical (unpaired) electrons. The summed E-state index contributed by atoms with van der Waals surface area (Å²) >= 11 is 6.01. The first kappa shape index (κ1) is 23.8. The Morgan fingerprint density at radius 1 is 1.31 bits per heavy atom. The van der Waals surface area contributed by atoms with Gasteiger partial charge in [-0.05, 0) is 68.0 Å². The summed E-state index contributed by atoms with van der Waals surface area (Å²) in [5.41, 5.74) is 2.79. The topological polar surface area (TPSA) is 133 Å². The van der Waals surface area contributed by atoms with E-state index in [1.165, 1.54) is 12.3 Å². The minimum absolute atomic E-state index is 0.0390. The standard InChI is InChI=1S/C21H26ClFN6O2S/c1-12(2)27-11-17(22)20(24)32(25,31)29-21(30)28-19-15-5-3-4-14(15)18(23)10-16(19)13-6-8-26-9-7-13/h6-12,24,27,32H,3-5H2,1-2H3,(H4,25,28,29,30,31)/b17-11+,24-20?. The largest absolute Gasteiger partial charge is 0.387 e. The highest BCUT2D eigenvalue weighted by atomic mass is 35.5. The van der Waals surface area contributed by atoms with Crippen LogP contribution in [0.1, 0.15) is 31.4 Å². The first-order chi connectivity index (χ1) is 15.1. The van der Waals surface area contributed by atoms with Gasteiger partial charge in [-0.3, -0.25) is 20.3 Å². The van der Waals surface area contributed by atoms with Gasteiger partial charge < -0.3 is 10.6 Å². The molecule has 0 aliphatic heterocycles. The minimum Gasteiger partial charge on any atom is -0.387 e. The van der Waals surface area contributed by atoms with Crippen molar-refractivity contribution in [1.82, 2.24) is 15.0 Å². The van der Waals surface area contributed by atoms with Crippen LogP contribution in [0.2, 0.25) is 0 Å². The van der Waals surface area contributed by atoms with E-state index >= 15 is 0 Å². The molecule has 2 amide bonds. The lowest BCUT2D eigenvalue weighted by Crippen LogP contribution is -2.49. The zero-order valence-corrected chi connectivity index (χ0v) is 19.4. The molecule has 0 unspecified atom stereocenters. The lowest BCUT2D eigenvalue weighted by molar-refractivity contribution is 0.257. The van der Waals surface area contributed by atoms with Gasteiger partial charge in [0.05, 0.1) is 10.7 Å². The highest BCUT2D eigenvalue weighted by molar-refractivity contribution is 8.14. The van der Waals surface area contributed by atoms with E-state index in [9.17, 15) is 13.4 Å². The molecule has 0 atom stereocenters. The Kier molecular flexibility index (Phi) is 7.27. The Bertz CT molecular complexity index is 1120. The van der Waals surface area contributed by atoms with Crippen molar-refractivity contribution < 1.29 is 13.4 Å². The fraction of sp³-hybridized carbons (Fsp3) is 0.286. The van der Waals surface area contributed by atoms with Gasteiger partial charge in [0.2, 0.25) is 0 Å². The van der Waals surface area contributed by atoms with Crippen molar-refractivity contribution in [3.63, 3.8) is 0 Å². The fourth-order valence-electron chi connectivity index (χ4n) is 3.45. The molecule has 1 heterocycles. The number of amides is 2. The molecule has 2 aromatic rings. The quantitative estimate of drug-likeness (QED) is 0.222. The summed E-state index contributed by atoms with van der Waals surface area (Å²) < 4.78 is 29.6. The van der Waals surface area contributed by atoms with E-state index in [4.69, 9.17) is 22.1 Å². The van der Waals surface area contributed by atoms with Gasteiger partial charge in [-0.2, -0.15) is 0 Å². The van der Waals surface area contributed by atoms with E-state index in [0.717, 1.165) is 6.42 Å². The van der Waals surface area contributed by atoms with Crippen molar-refractivity contribution >= 4 is 38.7 Å². The predicted molar refractivity (Wildman–Crippen MR) is 127 cm³/mol. The SMILES string of the molecule is CC(C)N/C=C(/Cl)C(=N)[SH](N)(=O)NC(=O)Nc1c(-c2ccncc2)cc(F)c2c1CCC2. The Balaban J connectivity index is 1.88. The van der Waals surface area contributed by atoms with Gasteiger partial charge >= 0.3 is 6.03 Å². The second kappa shape index (κ2) is 9.76. The van der Waals surface area contributed by atoms with E-state index in [-0.39, 0.29) is 16.9 Å². The maximum atomic E-state index is 14.7.